The van der Waals surface area contributed by atoms with Crippen LogP contribution >= 0.6 is 0 Å². The van der Waals surface area contributed by atoms with Gasteiger partial charge in [-0.3, -0.25) is 19.2 Å². The van der Waals surface area contributed by atoms with E-state index >= 15 is 0 Å². The number of nitrogens with one attached hydrogen (secondary N) is 2. The van der Waals surface area contributed by atoms with Crippen molar-refractivity contribution in [1.82, 2.24) is 15.5 Å². The second-order valence-corrected chi connectivity index (χ2v) is 6.78. The first-order valence-electron chi connectivity index (χ1n) is 8.96. The molecule has 1 aliphatic rings. The van der Waals surface area contributed by atoms with Crippen molar-refractivity contribution in [1.29, 1.82) is 0 Å². The lowest BCUT2D eigenvalue weighted by atomic mass is 10.1. The van der Waals surface area contributed by atoms with Crippen molar-refractivity contribution in [3.8, 4) is 0 Å². The molecule has 1 heterocycles. The molecular formula is C16H27N5O8. The molecule has 0 saturated carbocycles. The zero-order chi connectivity index (χ0) is 22.3. The Hall–Kier alpha value is -2.77. The number of carbonyl (C=O) groups is 5. The molecule has 0 aromatic rings. The van der Waals surface area contributed by atoms with Gasteiger partial charge in [-0.25, -0.2) is 4.79 Å². The maximum absolute atomic E-state index is 12.6. The van der Waals surface area contributed by atoms with E-state index in [2.05, 4.69) is 5.32 Å². The largest absolute Gasteiger partial charge is 0.480 e. The van der Waals surface area contributed by atoms with Crippen LogP contribution in [0.15, 0.2) is 0 Å². The van der Waals surface area contributed by atoms with Crippen molar-refractivity contribution in [3.63, 3.8) is 0 Å². The standard InChI is InChI=1S/C16H27N5O8/c1-7(23)12(14(26)19-9(6-22)16(28)29)20-13(25)10-3-2-4-21(10)15(27)8(17)5-11(18)24/h7-10,12,22-23H,2-6,17H2,1H3,(H2,18,24)(H,19,26)(H,20,25)(H,28,29). The molecule has 5 atom stereocenters. The summed E-state index contributed by atoms with van der Waals surface area (Å²) in [6.45, 7) is 0.532. The monoisotopic (exact) mass is 417 g/mol. The fourth-order valence-corrected chi connectivity index (χ4v) is 2.92. The predicted molar refractivity (Wildman–Crippen MR) is 96.8 cm³/mol. The number of aliphatic hydroxyl groups excluding tert-OH is 2. The molecule has 9 N–H and O–H groups in total. The summed E-state index contributed by atoms with van der Waals surface area (Å²) in [5.41, 5.74) is 10.7. The van der Waals surface area contributed by atoms with Gasteiger partial charge < -0.3 is 42.3 Å². The summed E-state index contributed by atoms with van der Waals surface area (Å²) in [5, 5.41) is 32.0. The van der Waals surface area contributed by atoms with Crippen LogP contribution in [-0.2, 0) is 24.0 Å². The van der Waals surface area contributed by atoms with Crippen molar-refractivity contribution in [3.05, 3.63) is 0 Å². The summed E-state index contributed by atoms with van der Waals surface area (Å²) >= 11 is 0. The molecule has 4 amide bonds. The Kier molecular flexibility index (Phi) is 8.94. The minimum absolute atomic E-state index is 0.209. The van der Waals surface area contributed by atoms with Gasteiger partial charge in [0.15, 0.2) is 0 Å². The van der Waals surface area contributed by atoms with E-state index in [0.29, 0.717) is 6.42 Å². The first-order valence-corrected chi connectivity index (χ1v) is 8.96. The number of carbonyl (C=O) groups excluding carboxylic acids is 4. The van der Waals surface area contributed by atoms with Gasteiger partial charge in [-0.15, -0.1) is 0 Å². The molecule has 164 valence electrons. The number of amides is 4. The van der Waals surface area contributed by atoms with Crippen molar-refractivity contribution >= 4 is 29.6 Å². The molecule has 0 radical (unpaired) electrons. The zero-order valence-electron chi connectivity index (χ0n) is 15.9. The van der Waals surface area contributed by atoms with Crippen LogP contribution in [0.5, 0.6) is 0 Å². The molecule has 13 nitrogen and oxygen atoms in total. The molecule has 1 aliphatic heterocycles. The average Bonchev–Trinajstić information content (AvgIpc) is 3.11. The summed E-state index contributed by atoms with van der Waals surface area (Å²) in [4.78, 5) is 60.3. The Morgan fingerprint density at radius 3 is 2.31 bits per heavy atom. The van der Waals surface area contributed by atoms with Crippen LogP contribution in [0.2, 0.25) is 0 Å². The number of aliphatic hydroxyl groups is 2. The normalized spacial score (nSPS) is 20.3. The molecule has 1 rings (SSSR count). The smallest absolute Gasteiger partial charge is 0.328 e. The Balaban J connectivity index is 2.86. The Morgan fingerprint density at radius 2 is 1.83 bits per heavy atom. The van der Waals surface area contributed by atoms with Gasteiger partial charge in [0.05, 0.1) is 25.2 Å². The van der Waals surface area contributed by atoms with E-state index in [-0.39, 0.29) is 19.4 Å². The van der Waals surface area contributed by atoms with E-state index in [1.807, 2.05) is 5.32 Å². The van der Waals surface area contributed by atoms with E-state index in [1.54, 1.807) is 0 Å². The van der Waals surface area contributed by atoms with E-state index in [9.17, 15) is 29.1 Å². The molecule has 1 saturated heterocycles. The molecule has 0 aliphatic carbocycles. The number of carboxylic acids is 1. The first-order chi connectivity index (χ1) is 13.5. The van der Waals surface area contributed by atoms with Gasteiger partial charge in [0.2, 0.25) is 23.6 Å². The minimum atomic E-state index is -1.61. The molecular weight excluding hydrogens is 390 g/mol. The number of rotatable bonds is 10. The number of aliphatic carboxylic acids is 1. The molecule has 29 heavy (non-hydrogen) atoms. The third-order valence-corrected chi connectivity index (χ3v) is 4.44. The summed E-state index contributed by atoms with van der Waals surface area (Å²) < 4.78 is 0. The average molecular weight is 417 g/mol. The van der Waals surface area contributed by atoms with Gasteiger partial charge in [0, 0.05) is 6.54 Å². The number of carboxylic acid groups (broad SMARTS) is 1. The third kappa shape index (κ3) is 6.66. The maximum atomic E-state index is 12.6. The summed E-state index contributed by atoms with van der Waals surface area (Å²) in [7, 11) is 0. The molecule has 5 unspecified atom stereocenters. The van der Waals surface area contributed by atoms with Gasteiger partial charge >= 0.3 is 5.97 Å². The second kappa shape index (κ2) is 10.7. The maximum Gasteiger partial charge on any atom is 0.328 e. The van der Waals surface area contributed by atoms with E-state index in [0.717, 1.165) is 0 Å². The Morgan fingerprint density at radius 1 is 1.21 bits per heavy atom. The lowest BCUT2D eigenvalue weighted by Gasteiger charge is -2.29. The number of likely N-dealkylation sites (tertiary alicyclic amines) is 1. The minimum Gasteiger partial charge on any atom is -0.480 e. The van der Waals surface area contributed by atoms with Gasteiger partial charge in [-0.05, 0) is 19.8 Å². The highest BCUT2D eigenvalue weighted by atomic mass is 16.4. The molecule has 0 bridgehead atoms. The number of nitrogens with zero attached hydrogens (tertiary/aromatic N) is 1. The first kappa shape index (κ1) is 24.3. The Bertz CT molecular complexity index is 655. The summed E-state index contributed by atoms with van der Waals surface area (Å²) in [6, 6.07) is -5.33. The highest BCUT2D eigenvalue weighted by Gasteiger charge is 2.39. The number of hydrogen-bond acceptors (Lipinski definition) is 8. The van der Waals surface area contributed by atoms with Crippen molar-refractivity contribution in [2.45, 2.75) is 56.5 Å². The van der Waals surface area contributed by atoms with Crippen LogP contribution < -0.4 is 22.1 Å². The predicted octanol–water partition coefficient (Wildman–Crippen LogP) is -4.39. The van der Waals surface area contributed by atoms with Crippen LogP contribution in [0.25, 0.3) is 0 Å². The number of primary amides is 1. The second-order valence-electron chi connectivity index (χ2n) is 6.78. The van der Waals surface area contributed by atoms with Crippen molar-refractivity contribution in [2.24, 2.45) is 11.5 Å². The van der Waals surface area contributed by atoms with Crippen LogP contribution in [0.3, 0.4) is 0 Å². The van der Waals surface area contributed by atoms with Crippen LogP contribution in [-0.4, -0.2) is 93.2 Å². The topological polar surface area (TPSA) is 225 Å². The van der Waals surface area contributed by atoms with Gasteiger partial charge in [-0.1, -0.05) is 0 Å². The fourth-order valence-electron chi connectivity index (χ4n) is 2.92. The molecule has 0 aromatic heterocycles. The Labute approximate surface area is 166 Å². The van der Waals surface area contributed by atoms with E-state index in [1.165, 1.54) is 11.8 Å². The molecule has 0 spiro atoms. The van der Waals surface area contributed by atoms with Crippen molar-refractivity contribution < 1.29 is 39.3 Å². The molecule has 13 heteroatoms. The van der Waals surface area contributed by atoms with E-state index in [4.69, 9.17) is 21.7 Å². The quantitative estimate of drug-likeness (QED) is 0.182. The zero-order valence-corrected chi connectivity index (χ0v) is 15.9. The van der Waals surface area contributed by atoms with E-state index < -0.39 is 66.5 Å². The van der Waals surface area contributed by atoms with Gasteiger partial charge in [0.25, 0.3) is 0 Å². The fraction of sp³-hybridized carbons (Fsp3) is 0.688. The highest BCUT2D eigenvalue weighted by molar-refractivity contribution is 5.95. The summed E-state index contributed by atoms with van der Waals surface area (Å²) in [6.07, 6.45) is -1.04. The number of nitrogens with two attached hydrogens (primary N) is 2. The number of hydrogen-bond donors (Lipinski definition) is 7. The van der Waals surface area contributed by atoms with Crippen LogP contribution in [0.4, 0.5) is 0 Å². The molecule has 1 fully saturated rings. The van der Waals surface area contributed by atoms with Crippen LogP contribution in [0, 0.1) is 0 Å². The lowest BCUT2D eigenvalue weighted by Crippen LogP contribution is -2.59. The molecule has 0 aromatic carbocycles. The van der Waals surface area contributed by atoms with Gasteiger partial charge in [-0.2, -0.15) is 0 Å². The van der Waals surface area contributed by atoms with Gasteiger partial charge in [0.1, 0.15) is 18.1 Å². The van der Waals surface area contributed by atoms with Crippen molar-refractivity contribution in [2.75, 3.05) is 13.2 Å². The highest BCUT2D eigenvalue weighted by Crippen LogP contribution is 2.19. The van der Waals surface area contributed by atoms with Crippen LogP contribution in [0.1, 0.15) is 26.2 Å². The summed E-state index contributed by atoms with van der Waals surface area (Å²) in [5.74, 6) is -4.68. The lowest BCUT2D eigenvalue weighted by molar-refractivity contribution is -0.145. The SMILES string of the molecule is CC(O)C(NC(=O)C1CCCN1C(=O)C(N)CC(N)=O)C(=O)NC(CO)C(=O)O. The third-order valence-electron chi connectivity index (χ3n) is 4.44.